The molecule has 0 saturated carbocycles. The minimum absolute atomic E-state index is 0.0115. The fourth-order valence-corrected chi connectivity index (χ4v) is 1.36. The first kappa shape index (κ1) is 10.5. The standard InChI is InChI=1S/C12H9F2NO/c13-12(14)9-3-1-8(2-4-9)11-6-5-10(16)7-15-11/h1-7,12,16H. The summed E-state index contributed by atoms with van der Waals surface area (Å²) in [5.74, 6) is 0.0768. The number of benzene rings is 1. The predicted molar refractivity (Wildman–Crippen MR) is 56.3 cm³/mol. The topological polar surface area (TPSA) is 33.1 Å². The van der Waals surface area contributed by atoms with Gasteiger partial charge >= 0.3 is 0 Å². The van der Waals surface area contributed by atoms with Gasteiger partial charge in [0.2, 0.25) is 0 Å². The van der Waals surface area contributed by atoms with Crippen molar-refractivity contribution in [3.8, 4) is 17.0 Å². The van der Waals surface area contributed by atoms with Gasteiger partial charge in [-0.15, -0.1) is 0 Å². The third kappa shape index (κ3) is 2.16. The predicted octanol–water partition coefficient (Wildman–Crippen LogP) is 3.39. The minimum atomic E-state index is -2.46. The number of pyridine rings is 1. The van der Waals surface area contributed by atoms with Crippen molar-refractivity contribution in [2.45, 2.75) is 6.43 Å². The Bertz CT molecular complexity index is 465. The van der Waals surface area contributed by atoms with Gasteiger partial charge in [-0.25, -0.2) is 8.78 Å². The van der Waals surface area contributed by atoms with Crippen molar-refractivity contribution in [1.29, 1.82) is 0 Å². The molecule has 0 fully saturated rings. The second kappa shape index (κ2) is 4.26. The van der Waals surface area contributed by atoms with E-state index in [1.165, 1.54) is 24.4 Å². The molecular formula is C12H9F2NO. The molecule has 0 amide bonds. The SMILES string of the molecule is Oc1ccc(-c2ccc(C(F)F)cc2)nc1. The first-order chi connectivity index (χ1) is 7.66. The van der Waals surface area contributed by atoms with Crippen LogP contribution in [0.15, 0.2) is 42.6 Å². The number of nitrogens with zero attached hydrogens (tertiary/aromatic N) is 1. The van der Waals surface area contributed by atoms with Crippen molar-refractivity contribution in [3.05, 3.63) is 48.2 Å². The molecule has 0 aliphatic rings. The molecule has 4 heteroatoms. The van der Waals surface area contributed by atoms with E-state index in [2.05, 4.69) is 4.98 Å². The average molecular weight is 221 g/mol. The lowest BCUT2D eigenvalue weighted by molar-refractivity contribution is 0.151. The Balaban J connectivity index is 2.31. The molecule has 1 heterocycles. The van der Waals surface area contributed by atoms with Crippen LogP contribution < -0.4 is 0 Å². The minimum Gasteiger partial charge on any atom is -0.506 e. The molecule has 82 valence electrons. The first-order valence-corrected chi connectivity index (χ1v) is 4.70. The molecule has 0 aliphatic heterocycles. The number of halogens is 2. The van der Waals surface area contributed by atoms with Gasteiger partial charge in [-0.3, -0.25) is 4.98 Å². The third-order valence-electron chi connectivity index (χ3n) is 2.21. The van der Waals surface area contributed by atoms with Gasteiger partial charge in [0.15, 0.2) is 0 Å². The van der Waals surface area contributed by atoms with Gasteiger partial charge in [0.1, 0.15) is 5.75 Å². The zero-order valence-electron chi connectivity index (χ0n) is 8.27. The molecule has 2 rings (SSSR count). The highest BCUT2D eigenvalue weighted by Gasteiger charge is 2.06. The van der Waals surface area contributed by atoms with Crippen LogP contribution in [0.5, 0.6) is 5.75 Å². The van der Waals surface area contributed by atoms with Crippen LogP contribution in [-0.2, 0) is 0 Å². The van der Waals surface area contributed by atoms with Gasteiger partial charge in [0.05, 0.1) is 11.9 Å². The van der Waals surface area contributed by atoms with Crippen LogP contribution in [0.3, 0.4) is 0 Å². The highest BCUT2D eigenvalue weighted by Crippen LogP contribution is 2.23. The fourth-order valence-electron chi connectivity index (χ4n) is 1.36. The van der Waals surface area contributed by atoms with E-state index in [0.717, 1.165) is 5.56 Å². The summed E-state index contributed by atoms with van der Waals surface area (Å²) in [5, 5.41) is 9.06. The van der Waals surface area contributed by atoms with Gasteiger partial charge in [0.25, 0.3) is 6.43 Å². The second-order valence-corrected chi connectivity index (χ2v) is 3.32. The number of aromatic hydroxyl groups is 1. The Labute approximate surface area is 91.2 Å². The van der Waals surface area contributed by atoms with E-state index in [0.29, 0.717) is 5.69 Å². The quantitative estimate of drug-likeness (QED) is 0.843. The number of rotatable bonds is 2. The largest absolute Gasteiger partial charge is 0.506 e. The van der Waals surface area contributed by atoms with Crippen LogP contribution in [0, 0.1) is 0 Å². The maximum absolute atomic E-state index is 12.3. The summed E-state index contributed by atoms with van der Waals surface area (Å²) in [6.07, 6.45) is -1.14. The molecule has 0 unspecified atom stereocenters. The summed E-state index contributed by atoms with van der Waals surface area (Å²) in [4.78, 5) is 3.99. The molecule has 0 saturated heterocycles. The Kier molecular flexibility index (Phi) is 2.81. The number of hydrogen-bond donors (Lipinski definition) is 1. The van der Waals surface area contributed by atoms with E-state index in [1.807, 2.05) is 0 Å². The van der Waals surface area contributed by atoms with Crippen LogP contribution in [-0.4, -0.2) is 10.1 Å². The maximum Gasteiger partial charge on any atom is 0.263 e. The summed E-state index contributed by atoms with van der Waals surface area (Å²) in [7, 11) is 0. The number of hydrogen-bond acceptors (Lipinski definition) is 2. The molecule has 0 radical (unpaired) electrons. The Morgan fingerprint density at radius 2 is 1.69 bits per heavy atom. The van der Waals surface area contributed by atoms with Crippen LogP contribution in [0.25, 0.3) is 11.3 Å². The maximum atomic E-state index is 12.3. The Hall–Kier alpha value is -1.97. The van der Waals surface area contributed by atoms with Gasteiger partial charge in [-0.1, -0.05) is 24.3 Å². The normalized spacial score (nSPS) is 10.7. The van der Waals surface area contributed by atoms with Crippen LogP contribution >= 0.6 is 0 Å². The third-order valence-corrected chi connectivity index (χ3v) is 2.21. The van der Waals surface area contributed by atoms with Crippen molar-refractivity contribution in [1.82, 2.24) is 4.98 Å². The van der Waals surface area contributed by atoms with E-state index >= 15 is 0 Å². The summed E-state index contributed by atoms with van der Waals surface area (Å²) in [6, 6.07) is 9.04. The van der Waals surface area contributed by atoms with Crippen LogP contribution in [0.4, 0.5) is 8.78 Å². The first-order valence-electron chi connectivity index (χ1n) is 4.70. The van der Waals surface area contributed by atoms with Gasteiger partial charge in [-0.2, -0.15) is 0 Å². The Morgan fingerprint density at radius 1 is 1.00 bits per heavy atom. The zero-order chi connectivity index (χ0) is 11.5. The number of alkyl halides is 2. The molecule has 0 atom stereocenters. The van der Waals surface area contributed by atoms with E-state index in [9.17, 15) is 8.78 Å². The van der Waals surface area contributed by atoms with Crippen molar-refractivity contribution < 1.29 is 13.9 Å². The van der Waals surface area contributed by atoms with Crippen molar-refractivity contribution in [2.75, 3.05) is 0 Å². The lowest BCUT2D eigenvalue weighted by atomic mass is 10.1. The lowest BCUT2D eigenvalue weighted by Gasteiger charge is -2.03. The molecule has 2 nitrogen and oxygen atoms in total. The summed E-state index contributed by atoms with van der Waals surface area (Å²) in [6.45, 7) is 0. The van der Waals surface area contributed by atoms with E-state index in [1.54, 1.807) is 18.2 Å². The smallest absolute Gasteiger partial charge is 0.263 e. The van der Waals surface area contributed by atoms with Gasteiger partial charge in [0, 0.05) is 11.1 Å². The van der Waals surface area contributed by atoms with E-state index in [-0.39, 0.29) is 11.3 Å². The van der Waals surface area contributed by atoms with Crippen LogP contribution in [0.1, 0.15) is 12.0 Å². The molecule has 2 aromatic rings. The average Bonchev–Trinajstić information content (AvgIpc) is 2.30. The molecule has 0 aliphatic carbocycles. The number of aromatic nitrogens is 1. The monoisotopic (exact) mass is 221 g/mol. The zero-order valence-corrected chi connectivity index (χ0v) is 8.27. The fraction of sp³-hybridized carbons (Fsp3) is 0.0833. The Morgan fingerprint density at radius 3 is 2.19 bits per heavy atom. The van der Waals surface area contributed by atoms with Gasteiger partial charge < -0.3 is 5.11 Å². The van der Waals surface area contributed by atoms with Crippen LogP contribution in [0.2, 0.25) is 0 Å². The van der Waals surface area contributed by atoms with E-state index < -0.39 is 6.43 Å². The van der Waals surface area contributed by atoms with E-state index in [4.69, 9.17) is 5.11 Å². The summed E-state index contributed by atoms with van der Waals surface area (Å²) in [5.41, 5.74) is 1.37. The molecule has 1 aromatic carbocycles. The van der Waals surface area contributed by atoms with Gasteiger partial charge in [-0.05, 0) is 12.1 Å². The molecule has 0 spiro atoms. The summed E-state index contributed by atoms with van der Waals surface area (Å²) >= 11 is 0. The molecular weight excluding hydrogens is 212 g/mol. The summed E-state index contributed by atoms with van der Waals surface area (Å²) < 4.78 is 24.6. The van der Waals surface area contributed by atoms with Crippen molar-refractivity contribution >= 4 is 0 Å². The second-order valence-electron chi connectivity index (χ2n) is 3.32. The lowest BCUT2D eigenvalue weighted by Crippen LogP contribution is -1.86. The molecule has 16 heavy (non-hydrogen) atoms. The highest BCUT2D eigenvalue weighted by atomic mass is 19.3. The highest BCUT2D eigenvalue weighted by molar-refractivity contribution is 5.59. The van der Waals surface area contributed by atoms with Crippen molar-refractivity contribution in [2.24, 2.45) is 0 Å². The molecule has 1 aromatic heterocycles. The van der Waals surface area contributed by atoms with Crippen molar-refractivity contribution in [3.63, 3.8) is 0 Å². The molecule has 1 N–H and O–H groups in total. The molecule has 0 bridgehead atoms.